The second-order valence-corrected chi connectivity index (χ2v) is 7.29. The number of carbonyl (C=O) groups is 1. The molecule has 168 valence electrons. The minimum Gasteiger partial charge on any atom is -0.366 e. The number of hydrogen-bond acceptors (Lipinski definition) is 6. The maximum Gasteiger partial charge on any atom is 0.416 e. The van der Waals surface area contributed by atoms with E-state index >= 15 is 0 Å². The van der Waals surface area contributed by atoms with Crippen LogP contribution in [0.5, 0.6) is 0 Å². The fourth-order valence-electron chi connectivity index (χ4n) is 3.67. The van der Waals surface area contributed by atoms with Crippen molar-refractivity contribution in [3.63, 3.8) is 0 Å². The van der Waals surface area contributed by atoms with E-state index in [2.05, 4.69) is 15.5 Å². The van der Waals surface area contributed by atoms with Gasteiger partial charge in [-0.15, -0.1) is 10.2 Å². The zero-order chi connectivity index (χ0) is 22.6. The molecule has 0 radical (unpaired) electrons. The van der Waals surface area contributed by atoms with Gasteiger partial charge >= 0.3 is 6.18 Å². The molecule has 2 heterocycles. The zero-order valence-corrected chi connectivity index (χ0v) is 16.9. The Bertz CT molecular complexity index is 938. The van der Waals surface area contributed by atoms with Crippen LogP contribution in [-0.2, 0) is 23.9 Å². The predicted molar refractivity (Wildman–Crippen MR) is 105 cm³/mol. The number of alkyl halides is 3. The Labute approximate surface area is 176 Å². The predicted octanol–water partition coefficient (Wildman–Crippen LogP) is 2.80. The Hall–Kier alpha value is -3.18. The highest BCUT2D eigenvalue weighted by atomic mass is 19.4. The lowest BCUT2D eigenvalue weighted by Gasteiger charge is -2.32. The van der Waals surface area contributed by atoms with Crippen LogP contribution in [0, 0.1) is 16.0 Å². The monoisotopic (exact) mass is 440 g/mol. The van der Waals surface area contributed by atoms with Gasteiger partial charge in [0.2, 0.25) is 5.91 Å². The van der Waals surface area contributed by atoms with E-state index in [9.17, 15) is 28.1 Å². The Morgan fingerprint density at radius 2 is 2.03 bits per heavy atom. The molecule has 1 aromatic carbocycles. The second-order valence-electron chi connectivity index (χ2n) is 7.29. The molecule has 0 atom stereocenters. The topological polar surface area (TPSA) is 106 Å². The standard InChI is InChI=1S/C19H23F3N6O3/c1-2-26-12-24-25-17(26)5-8-23-18(29)13-6-9-27(10-7-13)15-4-3-14(19(20,21)22)11-16(15)28(30)31/h3-4,11-13H,2,5-10H2,1H3,(H,23,29). The third kappa shape index (κ3) is 5.30. The molecular formula is C19H23F3N6O3. The molecule has 2 aromatic rings. The van der Waals surface area contributed by atoms with Crippen molar-refractivity contribution in [1.82, 2.24) is 20.1 Å². The van der Waals surface area contributed by atoms with Crippen LogP contribution in [0.1, 0.15) is 31.2 Å². The molecule has 1 aliphatic heterocycles. The molecule has 1 aliphatic rings. The number of carbonyl (C=O) groups excluding carboxylic acids is 1. The summed E-state index contributed by atoms with van der Waals surface area (Å²) in [6.45, 7) is 3.82. The molecule has 3 rings (SSSR count). The maximum absolute atomic E-state index is 12.9. The number of nitrogens with one attached hydrogen (secondary N) is 1. The number of rotatable bonds is 7. The lowest BCUT2D eigenvalue weighted by atomic mass is 9.95. The average molecular weight is 440 g/mol. The van der Waals surface area contributed by atoms with Crippen molar-refractivity contribution in [1.29, 1.82) is 0 Å². The first-order chi connectivity index (χ1) is 14.7. The van der Waals surface area contributed by atoms with E-state index in [1.165, 1.54) is 0 Å². The average Bonchev–Trinajstić information content (AvgIpc) is 3.20. The fourth-order valence-corrected chi connectivity index (χ4v) is 3.67. The highest BCUT2D eigenvalue weighted by Crippen LogP contribution is 2.37. The van der Waals surface area contributed by atoms with Crippen molar-refractivity contribution in [2.45, 2.75) is 38.9 Å². The first-order valence-corrected chi connectivity index (χ1v) is 9.95. The highest BCUT2D eigenvalue weighted by molar-refractivity contribution is 5.79. The molecule has 12 heteroatoms. The smallest absolute Gasteiger partial charge is 0.366 e. The number of amides is 1. The molecular weight excluding hydrogens is 417 g/mol. The van der Waals surface area contributed by atoms with Crippen LogP contribution in [0.4, 0.5) is 24.5 Å². The van der Waals surface area contributed by atoms with Gasteiger partial charge in [-0.1, -0.05) is 0 Å². The van der Waals surface area contributed by atoms with E-state index in [1.807, 2.05) is 11.5 Å². The van der Waals surface area contributed by atoms with E-state index in [4.69, 9.17) is 0 Å². The molecule has 9 nitrogen and oxygen atoms in total. The van der Waals surface area contributed by atoms with Crippen LogP contribution in [0.2, 0.25) is 0 Å². The summed E-state index contributed by atoms with van der Waals surface area (Å²) in [7, 11) is 0. The number of piperidine rings is 1. The summed E-state index contributed by atoms with van der Waals surface area (Å²) in [4.78, 5) is 24.6. The number of nitro benzene ring substituents is 1. The summed E-state index contributed by atoms with van der Waals surface area (Å²) < 4.78 is 40.6. The number of halogens is 3. The van der Waals surface area contributed by atoms with Gasteiger partial charge in [-0.25, -0.2) is 0 Å². The van der Waals surface area contributed by atoms with Crippen molar-refractivity contribution in [3.05, 3.63) is 46.0 Å². The molecule has 0 saturated carbocycles. The fraction of sp³-hybridized carbons (Fsp3) is 0.526. The second kappa shape index (κ2) is 9.31. The summed E-state index contributed by atoms with van der Waals surface area (Å²) >= 11 is 0. The summed E-state index contributed by atoms with van der Waals surface area (Å²) in [6.07, 6.45) is -1.56. The van der Waals surface area contributed by atoms with E-state index in [0.717, 1.165) is 24.5 Å². The third-order valence-corrected chi connectivity index (χ3v) is 5.39. The third-order valence-electron chi connectivity index (χ3n) is 5.39. The van der Waals surface area contributed by atoms with Crippen molar-refractivity contribution in [3.8, 4) is 0 Å². The minimum absolute atomic E-state index is 0.107. The van der Waals surface area contributed by atoms with Crippen molar-refractivity contribution >= 4 is 17.3 Å². The molecule has 1 saturated heterocycles. The summed E-state index contributed by atoms with van der Waals surface area (Å²) in [5, 5.41) is 22.0. The van der Waals surface area contributed by atoms with E-state index in [0.29, 0.717) is 45.0 Å². The van der Waals surface area contributed by atoms with Gasteiger partial charge in [0.25, 0.3) is 5.69 Å². The van der Waals surface area contributed by atoms with Crippen LogP contribution in [-0.4, -0.2) is 45.2 Å². The number of nitro groups is 1. The van der Waals surface area contributed by atoms with Crippen LogP contribution < -0.4 is 10.2 Å². The van der Waals surface area contributed by atoms with Gasteiger partial charge in [0.1, 0.15) is 17.8 Å². The molecule has 0 aliphatic carbocycles. The molecule has 1 aromatic heterocycles. The van der Waals surface area contributed by atoms with E-state index in [1.54, 1.807) is 11.2 Å². The lowest BCUT2D eigenvalue weighted by molar-refractivity contribution is -0.384. The first kappa shape index (κ1) is 22.5. The van der Waals surface area contributed by atoms with Gasteiger partial charge in [0.15, 0.2) is 0 Å². The van der Waals surface area contributed by atoms with Crippen molar-refractivity contribution in [2.75, 3.05) is 24.5 Å². The number of aromatic nitrogens is 3. The van der Waals surface area contributed by atoms with Crippen LogP contribution in [0.3, 0.4) is 0 Å². The molecule has 0 unspecified atom stereocenters. The molecule has 1 N–H and O–H groups in total. The number of benzene rings is 1. The quantitative estimate of drug-likeness (QED) is 0.524. The normalized spacial score (nSPS) is 15.2. The van der Waals surface area contributed by atoms with Gasteiger partial charge in [-0.2, -0.15) is 13.2 Å². The Morgan fingerprint density at radius 1 is 1.32 bits per heavy atom. The lowest BCUT2D eigenvalue weighted by Crippen LogP contribution is -2.41. The van der Waals surface area contributed by atoms with Gasteiger partial charge in [0, 0.05) is 44.6 Å². The van der Waals surface area contributed by atoms with Gasteiger partial charge in [0.05, 0.1) is 10.5 Å². The van der Waals surface area contributed by atoms with Crippen LogP contribution >= 0.6 is 0 Å². The van der Waals surface area contributed by atoms with Gasteiger partial charge < -0.3 is 14.8 Å². The van der Waals surface area contributed by atoms with Crippen molar-refractivity contribution in [2.24, 2.45) is 5.92 Å². The number of nitrogens with zero attached hydrogens (tertiary/aromatic N) is 5. The Kier molecular flexibility index (Phi) is 6.76. The number of anilines is 1. The summed E-state index contributed by atoms with van der Waals surface area (Å²) in [5.41, 5.74) is -1.51. The van der Waals surface area contributed by atoms with Crippen molar-refractivity contribution < 1.29 is 22.9 Å². The Balaban J connectivity index is 1.56. The number of hydrogen-bond donors (Lipinski definition) is 1. The van der Waals surface area contributed by atoms with E-state index < -0.39 is 22.4 Å². The Morgan fingerprint density at radius 3 is 2.65 bits per heavy atom. The number of aryl methyl sites for hydroxylation is 1. The van der Waals surface area contributed by atoms with E-state index in [-0.39, 0.29) is 17.5 Å². The summed E-state index contributed by atoms with van der Waals surface area (Å²) in [5.74, 6) is 0.421. The molecule has 31 heavy (non-hydrogen) atoms. The largest absolute Gasteiger partial charge is 0.416 e. The van der Waals surface area contributed by atoms with Gasteiger partial charge in [-0.05, 0) is 31.9 Å². The zero-order valence-electron chi connectivity index (χ0n) is 16.9. The van der Waals surface area contributed by atoms with Gasteiger partial charge in [-0.3, -0.25) is 14.9 Å². The first-order valence-electron chi connectivity index (χ1n) is 9.95. The molecule has 1 fully saturated rings. The minimum atomic E-state index is -4.65. The molecule has 0 spiro atoms. The maximum atomic E-state index is 12.9. The summed E-state index contributed by atoms with van der Waals surface area (Å²) in [6, 6.07) is 2.53. The molecule has 0 bridgehead atoms. The highest BCUT2D eigenvalue weighted by Gasteiger charge is 2.34. The molecule has 1 amide bonds. The van der Waals surface area contributed by atoms with Crippen LogP contribution in [0.15, 0.2) is 24.5 Å². The SMILES string of the molecule is CCn1cnnc1CCNC(=O)C1CCN(c2ccc(C(F)(F)F)cc2[N+](=O)[O-])CC1. The van der Waals surface area contributed by atoms with Crippen LogP contribution in [0.25, 0.3) is 0 Å².